The van der Waals surface area contributed by atoms with Crippen LogP contribution in [0.2, 0.25) is 0 Å². The van der Waals surface area contributed by atoms with Crippen molar-refractivity contribution in [1.29, 1.82) is 0 Å². The molecule has 5 rings (SSSR count). The highest BCUT2D eigenvalue weighted by atomic mass is 16.2. The van der Waals surface area contributed by atoms with E-state index in [0.717, 1.165) is 25.2 Å². The molecule has 3 nitrogen and oxygen atoms in total. The third-order valence-corrected chi connectivity index (χ3v) is 8.80. The molecule has 0 aromatic carbocycles. The molecule has 0 bridgehead atoms. The first-order valence-electron chi connectivity index (χ1n) is 11.0. The third-order valence-electron chi connectivity index (χ3n) is 8.80. The van der Waals surface area contributed by atoms with Gasteiger partial charge in [-0.2, -0.15) is 0 Å². The fourth-order valence-corrected chi connectivity index (χ4v) is 7.36. The Morgan fingerprint density at radius 3 is 2.75 bits per heavy atom. The number of rotatable bonds is 1. The van der Waals surface area contributed by atoms with Crippen molar-refractivity contribution in [2.45, 2.75) is 58.8 Å². The van der Waals surface area contributed by atoms with Crippen LogP contribution in [-0.2, 0) is 4.79 Å². The second kappa shape index (κ2) is 6.30. The fraction of sp³-hybridized carbons (Fsp3) is 0.600. The molecule has 3 aliphatic carbocycles. The van der Waals surface area contributed by atoms with Gasteiger partial charge in [-0.3, -0.25) is 9.78 Å². The molecule has 5 atom stereocenters. The van der Waals surface area contributed by atoms with Crippen molar-refractivity contribution in [3.8, 4) is 0 Å². The number of pyridine rings is 1. The van der Waals surface area contributed by atoms with E-state index in [-0.39, 0.29) is 10.8 Å². The standard InChI is InChI=1S/C25H32N2O/c1-24-14-12-21-18(20(24)10-9-19(24)17-6-5-15-26-16-17)8-11-22-25(21,2)13-4-7-23(28)27(22)3/h5-6,9,11,15-16,18,20-21H,4,7-8,10,12-14H2,1-3H3/t18-,20-,21-,24+,25+/m0/s1. The zero-order chi connectivity index (χ0) is 19.5. The van der Waals surface area contributed by atoms with Crippen LogP contribution in [0.5, 0.6) is 0 Å². The van der Waals surface area contributed by atoms with Gasteiger partial charge in [0.15, 0.2) is 0 Å². The van der Waals surface area contributed by atoms with E-state index in [9.17, 15) is 4.79 Å². The largest absolute Gasteiger partial charge is 0.319 e. The molecule has 3 heteroatoms. The summed E-state index contributed by atoms with van der Waals surface area (Å²) >= 11 is 0. The summed E-state index contributed by atoms with van der Waals surface area (Å²) in [5, 5.41) is 0. The highest BCUT2D eigenvalue weighted by Crippen LogP contribution is 2.65. The van der Waals surface area contributed by atoms with Crippen molar-refractivity contribution >= 4 is 11.5 Å². The van der Waals surface area contributed by atoms with E-state index in [4.69, 9.17) is 0 Å². The van der Waals surface area contributed by atoms with E-state index in [1.807, 2.05) is 24.3 Å². The molecule has 2 fully saturated rings. The monoisotopic (exact) mass is 376 g/mol. The van der Waals surface area contributed by atoms with E-state index < -0.39 is 0 Å². The first-order chi connectivity index (χ1) is 13.4. The molecule has 28 heavy (non-hydrogen) atoms. The second-order valence-corrected chi connectivity index (χ2v) is 9.98. The Morgan fingerprint density at radius 1 is 1.11 bits per heavy atom. The topological polar surface area (TPSA) is 33.2 Å². The average molecular weight is 377 g/mol. The Labute approximate surface area is 168 Å². The lowest BCUT2D eigenvalue weighted by atomic mass is 9.49. The van der Waals surface area contributed by atoms with E-state index in [2.05, 4.69) is 43.1 Å². The predicted octanol–water partition coefficient (Wildman–Crippen LogP) is 5.45. The van der Waals surface area contributed by atoms with Crippen LogP contribution in [0, 0.1) is 28.6 Å². The molecule has 1 aliphatic heterocycles. The lowest BCUT2D eigenvalue weighted by Gasteiger charge is -2.56. The number of likely N-dealkylation sites (tertiary alicyclic amines) is 1. The molecule has 0 radical (unpaired) electrons. The van der Waals surface area contributed by atoms with Crippen LogP contribution in [0.1, 0.15) is 64.4 Å². The maximum atomic E-state index is 12.5. The second-order valence-electron chi connectivity index (χ2n) is 9.98. The van der Waals surface area contributed by atoms with Crippen molar-refractivity contribution in [3.63, 3.8) is 0 Å². The molecule has 148 valence electrons. The summed E-state index contributed by atoms with van der Waals surface area (Å²) < 4.78 is 0. The Bertz CT molecular complexity index is 857. The van der Waals surface area contributed by atoms with Crippen molar-refractivity contribution < 1.29 is 4.79 Å². The third kappa shape index (κ3) is 2.41. The van der Waals surface area contributed by atoms with Crippen LogP contribution < -0.4 is 0 Å². The van der Waals surface area contributed by atoms with Gasteiger partial charge < -0.3 is 4.90 Å². The number of nitrogens with zero attached hydrogens (tertiary/aromatic N) is 2. The van der Waals surface area contributed by atoms with Gasteiger partial charge in [0.05, 0.1) is 0 Å². The molecular weight excluding hydrogens is 344 g/mol. The number of hydrogen-bond donors (Lipinski definition) is 0. The minimum absolute atomic E-state index is 0.155. The summed E-state index contributed by atoms with van der Waals surface area (Å²) in [5.74, 6) is 2.43. The first kappa shape index (κ1) is 18.1. The minimum atomic E-state index is 0.155. The molecule has 2 heterocycles. The summed E-state index contributed by atoms with van der Waals surface area (Å²) in [7, 11) is 2.00. The average Bonchev–Trinajstić information content (AvgIpc) is 3.00. The van der Waals surface area contributed by atoms with Crippen molar-refractivity contribution in [1.82, 2.24) is 9.88 Å². The maximum Gasteiger partial charge on any atom is 0.226 e. The first-order valence-corrected chi connectivity index (χ1v) is 11.0. The number of fused-ring (bicyclic) bond motifs is 5. The van der Waals surface area contributed by atoms with Crippen LogP contribution in [0.3, 0.4) is 0 Å². The summed E-state index contributed by atoms with van der Waals surface area (Å²) in [6.45, 7) is 4.96. The molecule has 4 aliphatic rings. The van der Waals surface area contributed by atoms with E-state index in [1.54, 1.807) is 0 Å². The number of allylic oxidation sites excluding steroid dienone is 4. The Morgan fingerprint density at radius 2 is 1.96 bits per heavy atom. The van der Waals surface area contributed by atoms with Gasteiger partial charge in [0.2, 0.25) is 5.91 Å². The van der Waals surface area contributed by atoms with Crippen LogP contribution in [0.25, 0.3) is 5.57 Å². The summed E-state index contributed by atoms with van der Waals surface area (Å²) in [6, 6.07) is 4.29. The number of carbonyl (C=O) groups excluding carboxylic acids is 1. The summed E-state index contributed by atoms with van der Waals surface area (Å²) in [6.07, 6.45) is 16.6. The number of amides is 1. The van der Waals surface area contributed by atoms with Crippen molar-refractivity contribution in [2.75, 3.05) is 7.05 Å². The SMILES string of the molecule is CN1C(=O)CCC[C@@]2(C)C1=CC[C@@H]1[C@@H]2CC[C@]2(C)C(c3cccnc3)=CC[C@@H]12. The van der Waals surface area contributed by atoms with Crippen LogP contribution in [-0.4, -0.2) is 22.8 Å². The van der Waals surface area contributed by atoms with Crippen molar-refractivity contribution in [2.24, 2.45) is 28.6 Å². The lowest BCUT2D eigenvalue weighted by molar-refractivity contribution is -0.128. The normalized spacial score (nSPS) is 40.0. The van der Waals surface area contributed by atoms with Crippen LogP contribution in [0.4, 0.5) is 0 Å². The molecule has 1 amide bonds. The fourth-order valence-electron chi connectivity index (χ4n) is 7.36. The van der Waals surface area contributed by atoms with Gasteiger partial charge in [0.1, 0.15) is 0 Å². The van der Waals surface area contributed by atoms with Crippen LogP contribution in [0.15, 0.2) is 42.4 Å². The van der Waals surface area contributed by atoms with E-state index in [1.165, 1.54) is 36.1 Å². The molecule has 0 N–H and O–H groups in total. The lowest BCUT2D eigenvalue weighted by Crippen LogP contribution is -2.50. The molecule has 1 saturated carbocycles. The van der Waals surface area contributed by atoms with Gasteiger partial charge in [-0.05, 0) is 78.9 Å². The number of aromatic nitrogens is 1. The quantitative estimate of drug-likeness (QED) is 0.652. The minimum Gasteiger partial charge on any atom is -0.319 e. The molecule has 0 spiro atoms. The van der Waals surface area contributed by atoms with E-state index >= 15 is 0 Å². The summed E-state index contributed by atoms with van der Waals surface area (Å²) in [5.41, 5.74) is 4.57. The maximum absolute atomic E-state index is 12.5. The summed E-state index contributed by atoms with van der Waals surface area (Å²) in [4.78, 5) is 18.8. The number of hydrogen-bond acceptors (Lipinski definition) is 2. The van der Waals surface area contributed by atoms with E-state index in [0.29, 0.717) is 24.2 Å². The molecule has 1 saturated heterocycles. The molecular formula is C25H32N2O. The zero-order valence-electron chi connectivity index (χ0n) is 17.4. The molecule has 0 unspecified atom stereocenters. The predicted molar refractivity (Wildman–Crippen MR) is 112 cm³/mol. The Balaban J connectivity index is 1.50. The van der Waals surface area contributed by atoms with Crippen LogP contribution >= 0.6 is 0 Å². The Hall–Kier alpha value is -1.90. The highest BCUT2D eigenvalue weighted by Gasteiger charge is 2.57. The van der Waals surface area contributed by atoms with Crippen molar-refractivity contribution in [3.05, 3.63) is 47.9 Å². The highest BCUT2D eigenvalue weighted by molar-refractivity contribution is 5.78. The Kier molecular flexibility index (Phi) is 4.08. The smallest absolute Gasteiger partial charge is 0.226 e. The molecule has 1 aromatic rings. The van der Waals surface area contributed by atoms with Gasteiger partial charge in [-0.15, -0.1) is 0 Å². The van der Waals surface area contributed by atoms with Gasteiger partial charge >= 0.3 is 0 Å². The van der Waals surface area contributed by atoms with Gasteiger partial charge in [0.25, 0.3) is 0 Å². The van der Waals surface area contributed by atoms with Gasteiger partial charge in [0, 0.05) is 37.0 Å². The van der Waals surface area contributed by atoms with Gasteiger partial charge in [-0.1, -0.05) is 32.1 Å². The van der Waals surface area contributed by atoms with Gasteiger partial charge in [-0.25, -0.2) is 0 Å². The zero-order valence-corrected chi connectivity index (χ0v) is 17.4. The molecule has 1 aromatic heterocycles. The number of carbonyl (C=O) groups is 1.